The Morgan fingerprint density at radius 1 is 1.14 bits per heavy atom. The van der Waals surface area contributed by atoms with E-state index < -0.39 is 0 Å². The summed E-state index contributed by atoms with van der Waals surface area (Å²) in [6.07, 6.45) is 2.39. The fourth-order valence-corrected chi connectivity index (χ4v) is 3.81. The smallest absolute Gasteiger partial charge is 0.107 e. The van der Waals surface area contributed by atoms with E-state index in [1.54, 1.807) is 0 Å². The average molecular weight is 345 g/mol. The molecule has 108 valence electrons. The summed E-state index contributed by atoms with van der Waals surface area (Å²) in [6.45, 7) is 0.830. The van der Waals surface area contributed by atoms with Gasteiger partial charge in [-0.05, 0) is 46.5 Å². The Labute approximate surface area is 132 Å². The van der Waals surface area contributed by atoms with Crippen molar-refractivity contribution in [2.75, 3.05) is 11.9 Å². The highest BCUT2D eigenvalue weighted by atomic mass is 79.9. The van der Waals surface area contributed by atoms with Crippen LogP contribution in [0.2, 0.25) is 0 Å². The first-order chi connectivity index (χ1) is 10.3. The molecule has 1 aromatic carbocycles. The summed E-state index contributed by atoms with van der Waals surface area (Å²) < 4.78 is 6.96. The normalized spacial score (nSPS) is 27.4. The van der Waals surface area contributed by atoms with E-state index in [0.29, 0.717) is 12.0 Å². The second kappa shape index (κ2) is 5.43. The van der Waals surface area contributed by atoms with E-state index in [2.05, 4.69) is 62.6 Å². The van der Waals surface area contributed by atoms with Crippen molar-refractivity contribution in [1.82, 2.24) is 4.98 Å². The van der Waals surface area contributed by atoms with Crippen molar-refractivity contribution in [1.29, 1.82) is 0 Å². The van der Waals surface area contributed by atoms with Crippen LogP contribution >= 0.6 is 15.9 Å². The SMILES string of the molecule is Brc1ccc2c(n1)[C@H]1OCCC[C@H]1[C@H](c1ccccc1)N2. The van der Waals surface area contributed by atoms with Crippen LogP contribution in [0, 0.1) is 5.92 Å². The lowest BCUT2D eigenvalue weighted by Gasteiger charge is -2.42. The van der Waals surface area contributed by atoms with E-state index >= 15 is 0 Å². The fourth-order valence-electron chi connectivity index (χ4n) is 3.48. The molecule has 21 heavy (non-hydrogen) atoms. The van der Waals surface area contributed by atoms with Gasteiger partial charge in [0.2, 0.25) is 0 Å². The molecule has 0 bridgehead atoms. The zero-order valence-electron chi connectivity index (χ0n) is 11.6. The lowest BCUT2D eigenvalue weighted by atomic mass is 9.79. The number of pyridine rings is 1. The monoisotopic (exact) mass is 344 g/mol. The zero-order valence-corrected chi connectivity index (χ0v) is 13.2. The number of benzene rings is 1. The average Bonchev–Trinajstić information content (AvgIpc) is 2.55. The van der Waals surface area contributed by atoms with Gasteiger partial charge >= 0.3 is 0 Å². The van der Waals surface area contributed by atoms with Gasteiger partial charge in [-0.15, -0.1) is 0 Å². The number of fused-ring (bicyclic) bond motifs is 3. The van der Waals surface area contributed by atoms with Gasteiger partial charge < -0.3 is 10.1 Å². The second-order valence-electron chi connectivity index (χ2n) is 5.70. The summed E-state index contributed by atoms with van der Waals surface area (Å²) in [5.41, 5.74) is 3.46. The van der Waals surface area contributed by atoms with Crippen LogP contribution in [0.15, 0.2) is 47.1 Å². The number of aromatic nitrogens is 1. The minimum Gasteiger partial charge on any atom is -0.376 e. The van der Waals surface area contributed by atoms with Crippen LogP contribution in [0.1, 0.15) is 36.2 Å². The minimum atomic E-state index is 0.0951. The Morgan fingerprint density at radius 2 is 2.00 bits per heavy atom. The quantitative estimate of drug-likeness (QED) is 0.774. The summed E-state index contributed by atoms with van der Waals surface area (Å²) in [6, 6.07) is 15.0. The Kier molecular flexibility index (Phi) is 3.43. The first-order valence-electron chi connectivity index (χ1n) is 7.42. The molecule has 3 nitrogen and oxygen atoms in total. The molecule has 1 aromatic heterocycles. The first kappa shape index (κ1) is 13.3. The van der Waals surface area contributed by atoms with Crippen LogP contribution in [0.5, 0.6) is 0 Å². The van der Waals surface area contributed by atoms with Gasteiger partial charge in [0.15, 0.2) is 0 Å². The summed E-state index contributed by atoms with van der Waals surface area (Å²) >= 11 is 3.47. The lowest BCUT2D eigenvalue weighted by Crippen LogP contribution is -2.36. The third-order valence-corrected chi connectivity index (χ3v) is 4.87. The lowest BCUT2D eigenvalue weighted by molar-refractivity contribution is -0.0407. The number of halogens is 1. The van der Waals surface area contributed by atoms with Gasteiger partial charge in [-0.1, -0.05) is 30.3 Å². The molecular formula is C17H17BrN2O. The predicted molar refractivity (Wildman–Crippen MR) is 86.2 cm³/mol. The van der Waals surface area contributed by atoms with Crippen LogP contribution in [0.4, 0.5) is 5.69 Å². The van der Waals surface area contributed by atoms with E-state index in [0.717, 1.165) is 29.0 Å². The van der Waals surface area contributed by atoms with Crippen molar-refractivity contribution in [3.8, 4) is 0 Å². The molecule has 2 aliphatic heterocycles. The molecule has 1 saturated heterocycles. The predicted octanol–water partition coefficient (Wildman–Crippen LogP) is 4.48. The zero-order chi connectivity index (χ0) is 14.2. The largest absolute Gasteiger partial charge is 0.376 e. The molecular weight excluding hydrogens is 328 g/mol. The van der Waals surface area contributed by atoms with Gasteiger partial charge in [-0.25, -0.2) is 4.98 Å². The summed E-state index contributed by atoms with van der Waals surface area (Å²) in [5.74, 6) is 0.440. The summed E-state index contributed by atoms with van der Waals surface area (Å²) in [7, 11) is 0. The van der Waals surface area contributed by atoms with Crippen molar-refractivity contribution in [2.24, 2.45) is 5.92 Å². The molecule has 0 saturated carbocycles. The number of anilines is 1. The van der Waals surface area contributed by atoms with Gasteiger partial charge in [0.25, 0.3) is 0 Å². The van der Waals surface area contributed by atoms with Crippen molar-refractivity contribution < 1.29 is 4.74 Å². The number of rotatable bonds is 1. The van der Waals surface area contributed by atoms with E-state index in [1.807, 2.05) is 6.07 Å². The molecule has 1 N–H and O–H groups in total. The molecule has 0 aliphatic carbocycles. The molecule has 2 aliphatic rings. The van der Waals surface area contributed by atoms with E-state index in [9.17, 15) is 0 Å². The Bertz CT molecular complexity index is 646. The number of hydrogen-bond donors (Lipinski definition) is 1. The number of ether oxygens (including phenoxy) is 1. The maximum atomic E-state index is 6.09. The molecule has 4 heteroatoms. The molecule has 3 heterocycles. The van der Waals surface area contributed by atoms with Gasteiger partial charge in [-0.3, -0.25) is 0 Å². The molecule has 0 amide bonds. The topological polar surface area (TPSA) is 34.1 Å². The number of nitrogens with one attached hydrogen (secondary N) is 1. The standard InChI is InChI=1S/C17H17BrN2O/c18-14-9-8-13-16(20-14)17-12(7-4-10-21-17)15(19-13)11-5-2-1-3-6-11/h1-3,5-6,8-9,12,15,17,19H,4,7,10H2/t12-,15-,17-/m0/s1. The summed E-state index contributed by atoms with van der Waals surface area (Å²) in [5, 5.41) is 3.68. The van der Waals surface area contributed by atoms with Gasteiger partial charge in [0.1, 0.15) is 10.7 Å². The number of nitrogens with zero attached hydrogens (tertiary/aromatic N) is 1. The van der Waals surface area contributed by atoms with Crippen LogP contribution in [-0.2, 0) is 4.74 Å². The maximum absolute atomic E-state index is 6.09. The molecule has 0 radical (unpaired) electrons. The maximum Gasteiger partial charge on any atom is 0.107 e. The highest BCUT2D eigenvalue weighted by molar-refractivity contribution is 9.10. The van der Waals surface area contributed by atoms with E-state index in [-0.39, 0.29) is 6.10 Å². The molecule has 4 rings (SSSR count). The minimum absolute atomic E-state index is 0.0951. The number of hydrogen-bond acceptors (Lipinski definition) is 3. The van der Waals surface area contributed by atoms with Crippen molar-refractivity contribution in [3.05, 3.63) is 58.3 Å². The highest BCUT2D eigenvalue weighted by Gasteiger charge is 2.40. The van der Waals surface area contributed by atoms with Gasteiger partial charge in [0, 0.05) is 12.5 Å². The highest BCUT2D eigenvalue weighted by Crippen LogP contribution is 2.48. The van der Waals surface area contributed by atoms with Crippen LogP contribution < -0.4 is 5.32 Å². The second-order valence-corrected chi connectivity index (χ2v) is 6.51. The van der Waals surface area contributed by atoms with Gasteiger partial charge in [-0.2, -0.15) is 0 Å². The Hall–Kier alpha value is -1.39. The third-order valence-electron chi connectivity index (χ3n) is 4.43. The Balaban J connectivity index is 1.79. The van der Waals surface area contributed by atoms with Gasteiger partial charge in [0.05, 0.1) is 17.4 Å². The fraction of sp³-hybridized carbons (Fsp3) is 0.353. The van der Waals surface area contributed by atoms with Crippen molar-refractivity contribution in [2.45, 2.75) is 25.0 Å². The summed E-state index contributed by atoms with van der Waals surface area (Å²) in [4.78, 5) is 4.66. The Morgan fingerprint density at radius 3 is 2.86 bits per heavy atom. The van der Waals surface area contributed by atoms with Crippen LogP contribution in [0.25, 0.3) is 0 Å². The van der Waals surface area contributed by atoms with E-state index in [4.69, 9.17) is 4.74 Å². The van der Waals surface area contributed by atoms with Crippen LogP contribution in [-0.4, -0.2) is 11.6 Å². The van der Waals surface area contributed by atoms with Crippen LogP contribution in [0.3, 0.4) is 0 Å². The third kappa shape index (κ3) is 2.36. The van der Waals surface area contributed by atoms with Crippen molar-refractivity contribution in [3.63, 3.8) is 0 Å². The first-order valence-corrected chi connectivity index (χ1v) is 8.22. The molecule has 0 unspecified atom stereocenters. The van der Waals surface area contributed by atoms with Crippen molar-refractivity contribution >= 4 is 21.6 Å². The molecule has 1 fully saturated rings. The molecule has 2 aromatic rings. The van der Waals surface area contributed by atoms with E-state index in [1.165, 1.54) is 12.0 Å². The molecule has 3 atom stereocenters. The molecule has 0 spiro atoms.